The highest BCUT2D eigenvalue weighted by Gasteiger charge is 2.17. The van der Waals surface area contributed by atoms with Gasteiger partial charge < -0.3 is 10.4 Å². The molecule has 2 heteroatoms. The molecule has 1 aliphatic carbocycles. The molecule has 1 aromatic carbocycles. The summed E-state index contributed by atoms with van der Waals surface area (Å²) in [7, 11) is 0. The van der Waals surface area contributed by atoms with Gasteiger partial charge in [0.1, 0.15) is 5.75 Å². The number of phenols is 1. The summed E-state index contributed by atoms with van der Waals surface area (Å²) in [4.78, 5) is 0. The molecular weight excluding hydrogens is 234 g/mol. The molecule has 2 rings (SSSR count). The molecule has 19 heavy (non-hydrogen) atoms. The quantitative estimate of drug-likeness (QED) is 0.786. The fourth-order valence-corrected chi connectivity index (χ4v) is 3.12. The fourth-order valence-electron chi connectivity index (χ4n) is 3.12. The van der Waals surface area contributed by atoms with Crippen LogP contribution >= 0.6 is 0 Å². The topological polar surface area (TPSA) is 36.8 Å². The highest BCUT2D eigenvalue weighted by molar-refractivity contribution is 5.25. The first kappa shape index (κ1) is 14.4. The SMILES string of the molecule is C[C@@H](CCc1ccc(O)cc1)[NH2+]C1CCCCCC1. The maximum absolute atomic E-state index is 9.27. The van der Waals surface area contributed by atoms with Crippen molar-refractivity contribution in [2.45, 2.75) is 70.4 Å². The van der Waals surface area contributed by atoms with E-state index in [1.807, 2.05) is 12.1 Å². The highest BCUT2D eigenvalue weighted by atomic mass is 16.3. The maximum Gasteiger partial charge on any atom is 0.115 e. The number of hydrogen-bond donors (Lipinski definition) is 2. The maximum atomic E-state index is 9.27. The molecule has 1 aliphatic rings. The van der Waals surface area contributed by atoms with Crippen LogP contribution in [0.4, 0.5) is 0 Å². The second-order valence-corrected chi connectivity index (χ2v) is 6.13. The summed E-state index contributed by atoms with van der Waals surface area (Å²) >= 11 is 0. The largest absolute Gasteiger partial charge is 0.508 e. The van der Waals surface area contributed by atoms with Crippen LogP contribution in [0.2, 0.25) is 0 Å². The van der Waals surface area contributed by atoms with E-state index in [2.05, 4.69) is 12.2 Å². The Balaban J connectivity index is 1.71. The van der Waals surface area contributed by atoms with Gasteiger partial charge >= 0.3 is 0 Å². The zero-order valence-corrected chi connectivity index (χ0v) is 12.1. The van der Waals surface area contributed by atoms with Crippen LogP contribution in [-0.2, 0) is 6.42 Å². The molecule has 1 aromatic rings. The number of phenolic OH excluding ortho intramolecular Hbond substituents is 1. The summed E-state index contributed by atoms with van der Waals surface area (Å²) in [5, 5.41) is 11.9. The Hall–Kier alpha value is -1.02. The lowest BCUT2D eigenvalue weighted by Gasteiger charge is -2.18. The monoisotopic (exact) mass is 262 g/mol. The molecule has 3 N–H and O–H groups in total. The Kier molecular flexibility index (Phi) is 5.71. The van der Waals surface area contributed by atoms with Crippen LogP contribution in [0.5, 0.6) is 5.75 Å². The number of quaternary nitrogens is 1. The van der Waals surface area contributed by atoms with Crippen LogP contribution in [0.15, 0.2) is 24.3 Å². The third-order valence-corrected chi connectivity index (χ3v) is 4.33. The molecular formula is C17H28NO+. The second-order valence-electron chi connectivity index (χ2n) is 6.13. The van der Waals surface area contributed by atoms with E-state index in [1.165, 1.54) is 50.5 Å². The van der Waals surface area contributed by atoms with E-state index in [0.29, 0.717) is 11.8 Å². The van der Waals surface area contributed by atoms with Gasteiger partial charge in [-0.15, -0.1) is 0 Å². The molecule has 1 fully saturated rings. The highest BCUT2D eigenvalue weighted by Crippen LogP contribution is 2.15. The van der Waals surface area contributed by atoms with Gasteiger partial charge in [0.05, 0.1) is 12.1 Å². The van der Waals surface area contributed by atoms with Gasteiger partial charge in [-0.1, -0.05) is 25.0 Å². The standard InChI is InChI=1S/C17H27NO/c1-14(18-16-6-4-2-3-5-7-16)8-9-15-10-12-17(19)13-11-15/h10-14,16,18-19H,2-9H2,1H3/p+1/t14-/m0/s1. The van der Waals surface area contributed by atoms with Crippen LogP contribution in [0, 0.1) is 0 Å². The molecule has 0 saturated heterocycles. The molecule has 0 bridgehead atoms. The zero-order chi connectivity index (χ0) is 13.5. The van der Waals surface area contributed by atoms with Crippen molar-refractivity contribution in [1.29, 1.82) is 0 Å². The van der Waals surface area contributed by atoms with Crippen LogP contribution < -0.4 is 5.32 Å². The smallest absolute Gasteiger partial charge is 0.115 e. The first-order valence-electron chi connectivity index (χ1n) is 7.87. The van der Waals surface area contributed by atoms with Crippen molar-refractivity contribution in [3.05, 3.63) is 29.8 Å². The number of nitrogens with two attached hydrogens (primary N) is 1. The molecule has 1 saturated carbocycles. The molecule has 0 amide bonds. The number of benzene rings is 1. The van der Waals surface area contributed by atoms with E-state index in [4.69, 9.17) is 0 Å². The van der Waals surface area contributed by atoms with Gasteiger partial charge in [-0.3, -0.25) is 0 Å². The van der Waals surface area contributed by atoms with E-state index in [-0.39, 0.29) is 0 Å². The van der Waals surface area contributed by atoms with Crippen LogP contribution in [0.1, 0.15) is 57.4 Å². The van der Waals surface area contributed by atoms with E-state index in [0.717, 1.165) is 12.5 Å². The van der Waals surface area contributed by atoms with E-state index >= 15 is 0 Å². The normalized spacial score (nSPS) is 19.0. The summed E-state index contributed by atoms with van der Waals surface area (Å²) in [5.74, 6) is 0.363. The van der Waals surface area contributed by atoms with Crippen molar-refractivity contribution in [3.63, 3.8) is 0 Å². The molecule has 0 radical (unpaired) electrons. The molecule has 0 aliphatic heterocycles. The van der Waals surface area contributed by atoms with Crippen molar-refractivity contribution >= 4 is 0 Å². The second kappa shape index (κ2) is 7.54. The van der Waals surface area contributed by atoms with Crippen molar-refractivity contribution in [2.75, 3.05) is 0 Å². The van der Waals surface area contributed by atoms with Crippen molar-refractivity contribution < 1.29 is 10.4 Å². The average molecular weight is 262 g/mol. The lowest BCUT2D eigenvalue weighted by Crippen LogP contribution is -2.94. The Labute approximate surface area is 117 Å². The van der Waals surface area contributed by atoms with Gasteiger partial charge in [0.2, 0.25) is 0 Å². The van der Waals surface area contributed by atoms with Gasteiger partial charge in [0.25, 0.3) is 0 Å². The summed E-state index contributed by atoms with van der Waals surface area (Å²) in [5.41, 5.74) is 1.33. The van der Waals surface area contributed by atoms with Crippen LogP contribution in [0.25, 0.3) is 0 Å². The molecule has 0 unspecified atom stereocenters. The first-order valence-corrected chi connectivity index (χ1v) is 7.87. The van der Waals surface area contributed by atoms with E-state index in [1.54, 1.807) is 12.1 Å². The van der Waals surface area contributed by atoms with Crippen LogP contribution in [-0.4, -0.2) is 17.2 Å². The van der Waals surface area contributed by atoms with E-state index in [9.17, 15) is 5.11 Å². The molecule has 2 nitrogen and oxygen atoms in total. The van der Waals surface area contributed by atoms with Gasteiger partial charge in [0, 0.05) is 6.42 Å². The van der Waals surface area contributed by atoms with E-state index < -0.39 is 0 Å². The Morgan fingerprint density at radius 1 is 1.11 bits per heavy atom. The Morgan fingerprint density at radius 3 is 2.37 bits per heavy atom. The third-order valence-electron chi connectivity index (χ3n) is 4.33. The summed E-state index contributed by atoms with van der Waals surface area (Å²) < 4.78 is 0. The molecule has 1 atom stereocenters. The number of aryl methyl sites for hydroxylation is 1. The Morgan fingerprint density at radius 2 is 1.74 bits per heavy atom. The third kappa shape index (κ3) is 5.23. The lowest BCUT2D eigenvalue weighted by atomic mass is 10.0. The first-order chi connectivity index (χ1) is 9.24. The molecule has 0 aromatic heterocycles. The van der Waals surface area contributed by atoms with Crippen LogP contribution in [0.3, 0.4) is 0 Å². The fraction of sp³-hybridized carbons (Fsp3) is 0.647. The van der Waals surface area contributed by atoms with Crippen molar-refractivity contribution in [2.24, 2.45) is 0 Å². The summed E-state index contributed by atoms with van der Waals surface area (Å²) in [6.07, 6.45) is 10.9. The van der Waals surface area contributed by atoms with Gasteiger partial charge in [-0.25, -0.2) is 0 Å². The average Bonchev–Trinajstić information content (AvgIpc) is 2.67. The number of rotatable bonds is 5. The van der Waals surface area contributed by atoms with Gasteiger partial charge in [-0.2, -0.15) is 0 Å². The number of aromatic hydroxyl groups is 1. The molecule has 0 spiro atoms. The minimum absolute atomic E-state index is 0.363. The predicted octanol–water partition coefficient (Wildman–Crippen LogP) is 3.00. The Bertz CT molecular complexity index is 352. The molecule has 0 heterocycles. The predicted molar refractivity (Wildman–Crippen MR) is 79.3 cm³/mol. The summed E-state index contributed by atoms with van der Waals surface area (Å²) in [6, 6.07) is 9.21. The van der Waals surface area contributed by atoms with Crippen molar-refractivity contribution in [3.8, 4) is 5.75 Å². The summed E-state index contributed by atoms with van der Waals surface area (Å²) in [6.45, 7) is 2.35. The van der Waals surface area contributed by atoms with Crippen molar-refractivity contribution in [1.82, 2.24) is 0 Å². The molecule has 106 valence electrons. The van der Waals surface area contributed by atoms with Gasteiger partial charge in [0.15, 0.2) is 0 Å². The lowest BCUT2D eigenvalue weighted by molar-refractivity contribution is -0.720. The zero-order valence-electron chi connectivity index (χ0n) is 12.1. The van der Waals surface area contributed by atoms with Gasteiger partial charge in [-0.05, 0) is 56.7 Å². The number of hydrogen-bond acceptors (Lipinski definition) is 1. The minimum Gasteiger partial charge on any atom is -0.508 e. The minimum atomic E-state index is 0.363.